The van der Waals surface area contributed by atoms with Crippen molar-refractivity contribution in [2.45, 2.75) is 34.1 Å². The summed E-state index contributed by atoms with van der Waals surface area (Å²) in [4.78, 5) is 12.2. The highest BCUT2D eigenvalue weighted by Gasteiger charge is 2.10. The molecule has 20 heavy (non-hydrogen) atoms. The molecule has 0 atom stereocenters. The molecule has 2 aromatic rings. The highest BCUT2D eigenvalue weighted by atomic mass is 16.1. The summed E-state index contributed by atoms with van der Waals surface area (Å²) >= 11 is 0. The summed E-state index contributed by atoms with van der Waals surface area (Å²) in [6.45, 7) is 8.16. The molecule has 0 radical (unpaired) electrons. The summed E-state index contributed by atoms with van der Waals surface area (Å²) in [5.41, 5.74) is 6.61. The van der Waals surface area contributed by atoms with Gasteiger partial charge in [0.05, 0.1) is 6.42 Å². The van der Waals surface area contributed by atoms with Gasteiger partial charge in [-0.25, -0.2) is 0 Å². The molecule has 0 aliphatic heterocycles. The lowest BCUT2D eigenvalue weighted by Crippen LogP contribution is -2.16. The molecule has 1 N–H and O–H groups in total. The molecule has 0 aromatic heterocycles. The summed E-state index contributed by atoms with van der Waals surface area (Å²) in [5.74, 6) is 0.0364. The zero-order chi connectivity index (χ0) is 14.7. The number of carbonyl (C=O) groups is 1. The fourth-order valence-electron chi connectivity index (χ4n) is 2.54. The van der Waals surface area contributed by atoms with Crippen LogP contribution in [0.5, 0.6) is 0 Å². The summed E-state index contributed by atoms with van der Waals surface area (Å²) in [5, 5.41) is 3.04. The van der Waals surface area contributed by atoms with E-state index >= 15 is 0 Å². The minimum absolute atomic E-state index is 0.0364. The first-order valence-corrected chi connectivity index (χ1v) is 6.89. The molecule has 2 nitrogen and oxygen atoms in total. The number of benzene rings is 2. The third kappa shape index (κ3) is 3.27. The van der Waals surface area contributed by atoms with Crippen molar-refractivity contribution < 1.29 is 4.79 Å². The Morgan fingerprint density at radius 1 is 0.950 bits per heavy atom. The number of hydrogen-bond acceptors (Lipinski definition) is 1. The number of hydrogen-bond donors (Lipinski definition) is 1. The maximum atomic E-state index is 12.2. The normalized spacial score (nSPS) is 10.4. The lowest BCUT2D eigenvalue weighted by Gasteiger charge is -2.13. The Balaban J connectivity index is 2.15. The predicted molar refractivity (Wildman–Crippen MR) is 84.2 cm³/mol. The van der Waals surface area contributed by atoms with Crippen molar-refractivity contribution in [1.82, 2.24) is 0 Å². The molecule has 1 amide bonds. The van der Waals surface area contributed by atoms with Crippen molar-refractivity contribution in [3.05, 3.63) is 64.2 Å². The lowest BCUT2D eigenvalue weighted by molar-refractivity contribution is -0.115. The smallest absolute Gasteiger partial charge is 0.228 e. The molecular formula is C18H21NO. The zero-order valence-corrected chi connectivity index (χ0v) is 12.6. The average Bonchev–Trinajstić information content (AvgIpc) is 2.36. The predicted octanol–water partition coefficient (Wildman–Crippen LogP) is 4.10. The van der Waals surface area contributed by atoms with Crippen molar-refractivity contribution in [2.24, 2.45) is 0 Å². The van der Waals surface area contributed by atoms with Gasteiger partial charge in [-0.15, -0.1) is 0 Å². The molecule has 0 aliphatic rings. The van der Waals surface area contributed by atoms with Crippen LogP contribution in [0, 0.1) is 27.7 Å². The number of carbonyl (C=O) groups excluding carboxylic acids is 1. The van der Waals surface area contributed by atoms with E-state index in [1.165, 1.54) is 5.56 Å². The number of anilines is 1. The summed E-state index contributed by atoms with van der Waals surface area (Å²) in [6, 6.07) is 12.2. The van der Waals surface area contributed by atoms with Gasteiger partial charge >= 0.3 is 0 Å². The molecule has 104 valence electrons. The molecule has 0 saturated carbocycles. The highest BCUT2D eigenvalue weighted by Crippen LogP contribution is 2.22. The van der Waals surface area contributed by atoms with E-state index in [2.05, 4.69) is 24.4 Å². The van der Waals surface area contributed by atoms with Gasteiger partial charge < -0.3 is 5.32 Å². The standard InChI is InChI=1S/C18H21NO/c1-12-9-14(3)18(15(4)10-12)19-17(20)11-16-8-6-5-7-13(16)2/h5-10H,11H2,1-4H3,(H,19,20). The SMILES string of the molecule is Cc1cc(C)c(NC(=O)Cc2ccccc2C)c(C)c1. The Hall–Kier alpha value is -2.09. The van der Waals surface area contributed by atoms with Gasteiger partial charge in [0.2, 0.25) is 5.91 Å². The van der Waals surface area contributed by atoms with E-state index in [9.17, 15) is 4.79 Å². The van der Waals surface area contributed by atoms with E-state index in [0.29, 0.717) is 6.42 Å². The topological polar surface area (TPSA) is 29.1 Å². The fourth-order valence-corrected chi connectivity index (χ4v) is 2.54. The van der Waals surface area contributed by atoms with Crippen molar-refractivity contribution in [3.63, 3.8) is 0 Å². The largest absolute Gasteiger partial charge is 0.325 e. The van der Waals surface area contributed by atoms with Crippen molar-refractivity contribution >= 4 is 11.6 Å². The average molecular weight is 267 g/mol. The quantitative estimate of drug-likeness (QED) is 0.891. The van der Waals surface area contributed by atoms with Crippen LogP contribution in [-0.4, -0.2) is 5.91 Å². The molecule has 0 bridgehead atoms. The van der Waals surface area contributed by atoms with E-state index in [4.69, 9.17) is 0 Å². The number of aryl methyl sites for hydroxylation is 4. The maximum Gasteiger partial charge on any atom is 0.228 e. The molecule has 0 unspecified atom stereocenters. The van der Waals surface area contributed by atoms with Crippen LogP contribution >= 0.6 is 0 Å². The number of nitrogens with one attached hydrogen (secondary N) is 1. The van der Waals surface area contributed by atoms with Gasteiger partial charge in [0.15, 0.2) is 0 Å². The number of rotatable bonds is 3. The molecule has 0 aliphatic carbocycles. The Morgan fingerprint density at radius 3 is 2.15 bits per heavy atom. The van der Waals surface area contributed by atoms with Crippen LogP contribution in [0.1, 0.15) is 27.8 Å². The van der Waals surface area contributed by atoms with E-state index < -0.39 is 0 Å². The van der Waals surface area contributed by atoms with Gasteiger partial charge in [0.25, 0.3) is 0 Å². The molecule has 2 rings (SSSR count). The molecule has 0 spiro atoms. The van der Waals surface area contributed by atoms with E-state index in [-0.39, 0.29) is 5.91 Å². The second-order valence-corrected chi connectivity index (χ2v) is 5.43. The molecule has 0 fully saturated rings. The van der Waals surface area contributed by atoms with E-state index in [1.54, 1.807) is 0 Å². The van der Waals surface area contributed by atoms with Crippen molar-refractivity contribution in [1.29, 1.82) is 0 Å². The first kappa shape index (κ1) is 14.3. The van der Waals surface area contributed by atoms with Gasteiger partial charge in [-0.2, -0.15) is 0 Å². The summed E-state index contributed by atoms with van der Waals surface area (Å²) in [6.07, 6.45) is 0.416. The van der Waals surface area contributed by atoms with Crippen LogP contribution in [0.15, 0.2) is 36.4 Å². The zero-order valence-electron chi connectivity index (χ0n) is 12.6. The van der Waals surface area contributed by atoms with Gasteiger partial charge in [-0.3, -0.25) is 4.79 Å². The first-order valence-electron chi connectivity index (χ1n) is 6.89. The number of amides is 1. The highest BCUT2D eigenvalue weighted by molar-refractivity contribution is 5.94. The second kappa shape index (κ2) is 5.91. The Kier molecular flexibility index (Phi) is 4.23. The Labute approximate surface area is 120 Å². The van der Waals surface area contributed by atoms with E-state index in [1.807, 2.05) is 45.0 Å². The van der Waals surface area contributed by atoms with Crippen LogP contribution in [0.4, 0.5) is 5.69 Å². The van der Waals surface area contributed by atoms with Crippen LogP contribution in [-0.2, 0) is 11.2 Å². The van der Waals surface area contributed by atoms with Gasteiger partial charge in [0, 0.05) is 5.69 Å². The lowest BCUT2D eigenvalue weighted by atomic mass is 10.0. The maximum absolute atomic E-state index is 12.2. The summed E-state index contributed by atoms with van der Waals surface area (Å²) < 4.78 is 0. The molecule has 0 heterocycles. The molecular weight excluding hydrogens is 246 g/mol. The van der Waals surface area contributed by atoms with Crippen LogP contribution in [0.3, 0.4) is 0 Å². The monoisotopic (exact) mass is 267 g/mol. The van der Waals surface area contributed by atoms with Crippen LogP contribution in [0.2, 0.25) is 0 Å². The molecule has 2 heteroatoms. The molecule has 0 saturated heterocycles. The minimum Gasteiger partial charge on any atom is -0.325 e. The van der Waals surface area contributed by atoms with Gasteiger partial charge in [-0.1, -0.05) is 42.0 Å². The van der Waals surface area contributed by atoms with Crippen molar-refractivity contribution in [3.8, 4) is 0 Å². The Morgan fingerprint density at radius 2 is 1.55 bits per heavy atom. The second-order valence-electron chi connectivity index (χ2n) is 5.43. The molecule has 2 aromatic carbocycles. The van der Waals surface area contributed by atoms with Gasteiger partial charge in [0.1, 0.15) is 0 Å². The van der Waals surface area contributed by atoms with Crippen LogP contribution < -0.4 is 5.32 Å². The summed E-state index contributed by atoms with van der Waals surface area (Å²) in [7, 11) is 0. The minimum atomic E-state index is 0.0364. The third-order valence-electron chi connectivity index (χ3n) is 3.55. The van der Waals surface area contributed by atoms with Crippen molar-refractivity contribution in [2.75, 3.05) is 5.32 Å². The van der Waals surface area contributed by atoms with E-state index in [0.717, 1.165) is 27.9 Å². The first-order chi connectivity index (χ1) is 9.47. The van der Waals surface area contributed by atoms with Crippen LogP contribution in [0.25, 0.3) is 0 Å². The third-order valence-corrected chi connectivity index (χ3v) is 3.55. The Bertz CT molecular complexity index is 621. The van der Waals surface area contributed by atoms with Gasteiger partial charge in [-0.05, 0) is 49.9 Å². The fraction of sp³-hybridized carbons (Fsp3) is 0.278.